The Labute approximate surface area is 182 Å². The number of aromatic nitrogens is 2. The molecule has 0 radical (unpaired) electrons. The molecule has 1 aliphatic carbocycles. The second-order valence-corrected chi connectivity index (χ2v) is 9.37. The molecule has 1 aliphatic heterocycles. The van der Waals surface area contributed by atoms with Crippen molar-refractivity contribution in [1.29, 1.82) is 0 Å². The molecule has 2 aromatic rings. The number of fused-ring (bicyclic) bond motifs is 1. The first-order chi connectivity index (χ1) is 14.6. The van der Waals surface area contributed by atoms with Gasteiger partial charge in [0.15, 0.2) is 4.34 Å². The van der Waals surface area contributed by atoms with Gasteiger partial charge in [0.2, 0.25) is 5.13 Å². The van der Waals surface area contributed by atoms with Crippen LogP contribution in [-0.2, 0) is 9.53 Å². The van der Waals surface area contributed by atoms with Crippen LogP contribution in [0.5, 0.6) is 0 Å². The van der Waals surface area contributed by atoms with Crippen molar-refractivity contribution in [3.63, 3.8) is 0 Å². The molecular formula is C20H22N4O4S2. The lowest BCUT2D eigenvalue weighted by atomic mass is 9.96. The standard InChI is InChI=1S/C20H22N4O4S2/c25-16(12-29-20-23-22-19(30-20)21-13-6-2-1-3-7-13)28-11-10-24-17(26)14-8-4-5-9-15(14)18(24)27/h4-5,8-9,13H,1-3,6-7,10-12H2,(H,21,22). The van der Waals surface area contributed by atoms with Crippen LogP contribution in [0.4, 0.5) is 5.13 Å². The highest BCUT2D eigenvalue weighted by molar-refractivity contribution is 8.01. The van der Waals surface area contributed by atoms with Crippen LogP contribution in [0.25, 0.3) is 0 Å². The fourth-order valence-electron chi connectivity index (χ4n) is 3.60. The molecule has 4 rings (SSSR count). The van der Waals surface area contributed by atoms with Gasteiger partial charge in [0.1, 0.15) is 6.61 Å². The van der Waals surface area contributed by atoms with Crippen molar-refractivity contribution in [3.8, 4) is 0 Å². The zero-order chi connectivity index (χ0) is 20.9. The van der Waals surface area contributed by atoms with E-state index in [4.69, 9.17) is 4.74 Å². The number of rotatable bonds is 8. The predicted molar refractivity (Wildman–Crippen MR) is 114 cm³/mol. The number of benzene rings is 1. The number of anilines is 1. The second kappa shape index (κ2) is 9.57. The molecule has 1 aromatic carbocycles. The average Bonchev–Trinajstić information content (AvgIpc) is 3.31. The molecule has 0 saturated heterocycles. The first-order valence-corrected chi connectivity index (χ1v) is 11.8. The van der Waals surface area contributed by atoms with Crippen LogP contribution in [-0.4, -0.2) is 57.8 Å². The minimum atomic E-state index is -0.423. The minimum Gasteiger partial charge on any atom is -0.463 e. The van der Waals surface area contributed by atoms with E-state index >= 15 is 0 Å². The number of nitrogens with one attached hydrogen (secondary N) is 1. The Balaban J connectivity index is 1.18. The molecule has 158 valence electrons. The van der Waals surface area contributed by atoms with Gasteiger partial charge >= 0.3 is 5.97 Å². The Kier molecular flexibility index (Phi) is 6.63. The molecule has 2 aliphatic rings. The third kappa shape index (κ3) is 4.81. The molecule has 1 N–H and O–H groups in total. The van der Waals surface area contributed by atoms with Crippen molar-refractivity contribution in [2.75, 3.05) is 24.2 Å². The van der Waals surface area contributed by atoms with E-state index in [0.717, 1.165) is 22.9 Å². The number of imide groups is 1. The number of hydrogen-bond donors (Lipinski definition) is 1. The summed E-state index contributed by atoms with van der Waals surface area (Å²) in [4.78, 5) is 37.7. The van der Waals surface area contributed by atoms with E-state index in [1.165, 1.54) is 42.4 Å². The average molecular weight is 447 g/mol. The van der Waals surface area contributed by atoms with E-state index in [0.29, 0.717) is 21.5 Å². The minimum absolute atomic E-state index is 0.0323. The molecule has 8 nitrogen and oxygen atoms in total. The van der Waals surface area contributed by atoms with E-state index in [1.807, 2.05) is 0 Å². The van der Waals surface area contributed by atoms with Crippen LogP contribution in [0.2, 0.25) is 0 Å². The lowest BCUT2D eigenvalue weighted by Gasteiger charge is -2.21. The molecular weight excluding hydrogens is 424 g/mol. The summed E-state index contributed by atoms with van der Waals surface area (Å²) in [6.45, 7) is 0.00643. The molecule has 30 heavy (non-hydrogen) atoms. The number of carbonyl (C=O) groups is 3. The first-order valence-electron chi connectivity index (χ1n) is 9.95. The zero-order valence-electron chi connectivity index (χ0n) is 16.3. The van der Waals surface area contributed by atoms with Gasteiger partial charge in [0.25, 0.3) is 11.8 Å². The maximum Gasteiger partial charge on any atom is 0.316 e. The zero-order valence-corrected chi connectivity index (χ0v) is 18.0. The number of amides is 2. The molecule has 1 fully saturated rings. The number of nitrogens with zero attached hydrogens (tertiary/aromatic N) is 3. The lowest BCUT2D eigenvalue weighted by Crippen LogP contribution is -2.33. The number of thioether (sulfide) groups is 1. The monoisotopic (exact) mass is 446 g/mol. The van der Waals surface area contributed by atoms with E-state index in [9.17, 15) is 14.4 Å². The number of carbonyl (C=O) groups excluding carboxylic acids is 3. The number of hydrogen-bond acceptors (Lipinski definition) is 9. The van der Waals surface area contributed by atoms with Crippen LogP contribution < -0.4 is 5.32 Å². The molecule has 0 bridgehead atoms. The summed E-state index contributed by atoms with van der Waals surface area (Å²) in [6.07, 6.45) is 6.09. The van der Waals surface area contributed by atoms with Crippen LogP contribution >= 0.6 is 23.1 Å². The Hall–Kier alpha value is -2.46. The Morgan fingerprint density at radius 1 is 1.13 bits per heavy atom. The molecule has 1 aromatic heterocycles. The highest BCUT2D eigenvalue weighted by atomic mass is 32.2. The Morgan fingerprint density at radius 3 is 2.53 bits per heavy atom. The molecule has 0 atom stereocenters. The van der Waals surface area contributed by atoms with Gasteiger partial charge in [-0.2, -0.15) is 0 Å². The Bertz CT molecular complexity index is 907. The third-order valence-electron chi connectivity index (χ3n) is 5.11. The molecule has 2 heterocycles. The quantitative estimate of drug-likeness (QED) is 0.375. The summed E-state index contributed by atoms with van der Waals surface area (Å²) in [5.74, 6) is -1.03. The van der Waals surface area contributed by atoms with Crippen molar-refractivity contribution in [1.82, 2.24) is 15.1 Å². The van der Waals surface area contributed by atoms with Gasteiger partial charge in [-0.1, -0.05) is 54.5 Å². The highest BCUT2D eigenvalue weighted by Crippen LogP contribution is 2.28. The van der Waals surface area contributed by atoms with Gasteiger partial charge in [0, 0.05) is 6.04 Å². The molecule has 2 amide bonds. The van der Waals surface area contributed by atoms with Crippen LogP contribution in [0.15, 0.2) is 28.6 Å². The first kappa shape index (κ1) is 20.8. The highest BCUT2D eigenvalue weighted by Gasteiger charge is 2.34. The summed E-state index contributed by atoms with van der Waals surface area (Å²) in [6, 6.07) is 7.13. The topological polar surface area (TPSA) is 101 Å². The number of esters is 1. The van der Waals surface area contributed by atoms with Crippen LogP contribution in [0.1, 0.15) is 52.8 Å². The largest absolute Gasteiger partial charge is 0.463 e. The van der Waals surface area contributed by atoms with Crippen LogP contribution in [0.3, 0.4) is 0 Å². The molecule has 10 heteroatoms. The number of ether oxygens (including phenoxy) is 1. The summed E-state index contributed by atoms with van der Waals surface area (Å²) >= 11 is 2.70. The maximum atomic E-state index is 12.3. The second-order valence-electron chi connectivity index (χ2n) is 7.17. The summed E-state index contributed by atoms with van der Waals surface area (Å²) in [5, 5.41) is 12.4. The van der Waals surface area contributed by atoms with Gasteiger partial charge in [-0.05, 0) is 25.0 Å². The SMILES string of the molecule is O=C(CSc1nnc(NC2CCCCC2)s1)OCCN1C(=O)c2ccccc2C1=O. The van der Waals surface area contributed by atoms with Gasteiger partial charge in [-0.3, -0.25) is 19.3 Å². The fourth-order valence-corrected chi connectivity index (χ4v) is 5.23. The summed E-state index contributed by atoms with van der Waals surface area (Å²) in [7, 11) is 0. The molecule has 1 saturated carbocycles. The van der Waals surface area contributed by atoms with E-state index in [-0.39, 0.29) is 30.7 Å². The van der Waals surface area contributed by atoms with E-state index in [2.05, 4.69) is 15.5 Å². The van der Waals surface area contributed by atoms with Crippen molar-refractivity contribution in [2.45, 2.75) is 42.5 Å². The lowest BCUT2D eigenvalue weighted by molar-refractivity contribution is -0.140. The van der Waals surface area contributed by atoms with Crippen LogP contribution in [0, 0.1) is 0 Å². The van der Waals surface area contributed by atoms with Crippen molar-refractivity contribution in [3.05, 3.63) is 35.4 Å². The van der Waals surface area contributed by atoms with Crippen molar-refractivity contribution in [2.24, 2.45) is 0 Å². The third-order valence-corrected chi connectivity index (χ3v) is 7.07. The van der Waals surface area contributed by atoms with Gasteiger partial charge < -0.3 is 10.1 Å². The summed E-state index contributed by atoms with van der Waals surface area (Å²) < 4.78 is 5.88. The smallest absolute Gasteiger partial charge is 0.316 e. The van der Waals surface area contributed by atoms with Crippen molar-refractivity contribution < 1.29 is 19.1 Å². The van der Waals surface area contributed by atoms with Gasteiger partial charge in [-0.25, -0.2) is 0 Å². The van der Waals surface area contributed by atoms with E-state index in [1.54, 1.807) is 24.3 Å². The van der Waals surface area contributed by atoms with Crippen molar-refractivity contribution >= 4 is 46.0 Å². The maximum absolute atomic E-state index is 12.3. The molecule has 0 spiro atoms. The van der Waals surface area contributed by atoms with E-state index < -0.39 is 5.97 Å². The summed E-state index contributed by atoms with van der Waals surface area (Å²) in [5.41, 5.74) is 0.775. The molecule has 0 unspecified atom stereocenters. The Morgan fingerprint density at radius 2 is 1.83 bits per heavy atom. The normalized spacial score (nSPS) is 16.6. The van der Waals surface area contributed by atoms with Gasteiger partial charge in [-0.15, -0.1) is 10.2 Å². The predicted octanol–water partition coefficient (Wildman–Crippen LogP) is 3.21. The van der Waals surface area contributed by atoms with Gasteiger partial charge in [0.05, 0.1) is 23.4 Å². The fraction of sp³-hybridized carbons (Fsp3) is 0.450.